The molecule has 2 aliphatic heterocycles. The van der Waals surface area contributed by atoms with E-state index in [0.717, 1.165) is 25.9 Å². The molecule has 0 radical (unpaired) electrons. The Balaban J connectivity index is 0.00000208. The summed E-state index contributed by atoms with van der Waals surface area (Å²) in [4.78, 5) is 12.9. The van der Waals surface area contributed by atoms with Gasteiger partial charge in [0.25, 0.3) is 5.91 Å². The number of carbonyl (C=O) groups is 1. The molecule has 1 aromatic rings. The van der Waals surface area contributed by atoms with Gasteiger partial charge >= 0.3 is 0 Å². The van der Waals surface area contributed by atoms with E-state index in [4.69, 9.17) is 4.74 Å². The SMILES string of the molecule is Cl.O=C(N[C@H]1CCCNC1)c1sccc1S(=O)(=O)N1CCOCC1. The smallest absolute Gasteiger partial charge is 0.263 e. The van der Waals surface area contributed by atoms with Crippen molar-refractivity contribution < 1.29 is 17.9 Å². The van der Waals surface area contributed by atoms with Gasteiger partial charge in [-0.1, -0.05) is 0 Å². The highest BCUT2D eigenvalue weighted by atomic mass is 35.5. The number of amides is 1. The van der Waals surface area contributed by atoms with Crippen molar-refractivity contribution >= 4 is 39.7 Å². The first-order chi connectivity index (χ1) is 11.1. The Hall–Kier alpha value is -0.710. The average molecular weight is 396 g/mol. The van der Waals surface area contributed by atoms with Gasteiger partial charge in [0.05, 0.1) is 13.2 Å². The summed E-state index contributed by atoms with van der Waals surface area (Å²) in [5, 5.41) is 7.82. The second-order valence-electron chi connectivity index (χ2n) is 5.65. The summed E-state index contributed by atoms with van der Waals surface area (Å²) in [5.74, 6) is -0.305. The highest BCUT2D eigenvalue weighted by Crippen LogP contribution is 2.26. The van der Waals surface area contributed by atoms with Crippen molar-refractivity contribution in [3.63, 3.8) is 0 Å². The first kappa shape index (κ1) is 19.6. The van der Waals surface area contributed by atoms with E-state index in [1.54, 1.807) is 5.38 Å². The molecule has 2 saturated heterocycles. The molecular weight excluding hydrogens is 374 g/mol. The molecule has 2 fully saturated rings. The number of thiophene rings is 1. The zero-order chi connectivity index (χ0) is 16.3. The molecule has 2 aliphatic rings. The van der Waals surface area contributed by atoms with Crippen LogP contribution in [0.1, 0.15) is 22.5 Å². The summed E-state index contributed by atoms with van der Waals surface area (Å²) in [6.07, 6.45) is 1.92. The molecule has 3 rings (SSSR count). The summed E-state index contributed by atoms with van der Waals surface area (Å²) in [6, 6.07) is 1.57. The predicted molar refractivity (Wildman–Crippen MR) is 94.5 cm³/mol. The third-order valence-corrected chi connectivity index (χ3v) is 7.04. The van der Waals surface area contributed by atoms with E-state index in [2.05, 4.69) is 10.6 Å². The maximum absolute atomic E-state index is 12.8. The van der Waals surface area contributed by atoms with E-state index in [0.29, 0.717) is 26.3 Å². The van der Waals surface area contributed by atoms with Crippen molar-refractivity contribution in [1.29, 1.82) is 0 Å². The molecular formula is C14H22ClN3O4S2. The first-order valence-corrected chi connectivity index (χ1v) is 10.1. The fourth-order valence-corrected chi connectivity index (χ4v) is 5.53. The summed E-state index contributed by atoms with van der Waals surface area (Å²) >= 11 is 1.17. The number of halogens is 1. The molecule has 0 spiro atoms. The summed E-state index contributed by atoms with van der Waals surface area (Å²) in [6.45, 7) is 3.11. The summed E-state index contributed by atoms with van der Waals surface area (Å²) in [7, 11) is -3.65. The van der Waals surface area contributed by atoms with Crippen LogP contribution in [-0.4, -0.2) is 64.1 Å². The molecule has 3 heterocycles. The molecule has 0 unspecified atom stereocenters. The summed E-state index contributed by atoms with van der Waals surface area (Å²) < 4.78 is 32.1. The van der Waals surface area contributed by atoms with Crippen molar-refractivity contribution in [2.75, 3.05) is 39.4 Å². The molecule has 7 nitrogen and oxygen atoms in total. The van der Waals surface area contributed by atoms with E-state index in [9.17, 15) is 13.2 Å². The van der Waals surface area contributed by atoms with Crippen LogP contribution in [0, 0.1) is 0 Å². The molecule has 2 N–H and O–H groups in total. The number of sulfonamides is 1. The number of carbonyl (C=O) groups excluding carboxylic acids is 1. The minimum absolute atomic E-state index is 0. The molecule has 0 saturated carbocycles. The Bertz CT molecular complexity index is 653. The number of nitrogens with one attached hydrogen (secondary N) is 2. The molecule has 1 atom stereocenters. The minimum Gasteiger partial charge on any atom is -0.379 e. The molecule has 1 aromatic heterocycles. The molecule has 1 amide bonds. The maximum Gasteiger partial charge on any atom is 0.263 e. The Morgan fingerprint density at radius 3 is 2.79 bits per heavy atom. The fraction of sp³-hybridized carbons (Fsp3) is 0.643. The lowest BCUT2D eigenvalue weighted by Crippen LogP contribution is -2.46. The lowest BCUT2D eigenvalue weighted by Gasteiger charge is -2.26. The Morgan fingerprint density at radius 2 is 2.12 bits per heavy atom. The van der Waals surface area contributed by atoms with Crippen LogP contribution >= 0.6 is 23.7 Å². The van der Waals surface area contributed by atoms with Gasteiger partial charge in [-0.2, -0.15) is 4.31 Å². The largest absolute Gasteiger partial charge is 0.379 e. The van der Waals surface area contributed by atoms with Gasteiger partial charge in [0.2, 0.25) is 10.0 Å². The third kappa shape index (κ3) is 4.27. The van der Waals surface area contributed by atoms with E-state index < -0.39 is 10.0 Å². The lowest BCUT2D eigenvalue weighted by atomic mass is 10.1. The number of piperidine rings is 1. The number of hydrogen-bond donors (Lipinski definition) is 2. The van der Waals surface area contributed by atoms with Crippen LogP contribution in [0.4, 0.5) is 0 Å². The standard InChI is InChI=1S/C14H21N3O4S2.ClH/c18-14(16-11-2-1-4-15-10-11)13-12(3-9-22-13)23(19,20)17-5-7-21-8-6-17;/h3,9,11,15H,1-2,4-8,10H2,(H,16,18);1H/t11-;/m0./s1. The molecule has 0 bridgehead atoms. The minimum atomic E-state index is -3.65. The van der Waals surface area contributed by atoms with Crippen LogP contribution in [0.5, 0.6) is 0 Å². The zero-order valence-corrected chi connectivity index (χ0v) is 15.6. The van der Waals surface area contributed by atoms with Crippen molar-refractivity contribution in [2.24, 2.45) is 0 Å². The van der Waals surface area contributed by atoms with E-state index in [1.165, 1.54) is 21.7 Å². The molecule has 10 heteroatoms. The highest BCUT2D eigenvalue weighted by molar-refractivity contribution is 7.89. The van der Waals surface area contributed by atoms with Gasteiger partial charge in [0.1, 0.15) is 9.77 Å². The van der Waals surface area contributed by atoms with Crippen LogP contribution in [0.2, 0.25) is 0 Å². The van der Waals surface area contributed by atoms with E-state index >= 15 is 0 Å². The number of morpholine rings is 1. The fourth-order valence-electron chi connectivity index (χ4n) is 2.82. The number of hydrogen-bond acceptors (Lipinski definition) is 6. The lowest BCUT2D eigenvalue weighted by molar-refractivity contribution is 0.0730. The second kappa shape index (κ2) is 8.59. The number of nitrogens with zero attached hydrogens (tertiary/aromatic N) is 1. The molecule has 24 heavy (non-hydrogen) atoms. The van der Waals surface area contributed by atoms with Crippen LogP contribution in [0.15, 0.2) is 16.3 Å². The van der Waals surface area contributed by atoms with Gasteiger partial charge in [-0.3, -0.25) is 4.79 Å². The second-order valence-corrected chi connectivity index (χ2v) is 8.47. The zero-order valence-electron chi connectivity index (χ0n) is 13.2. The summed E-state index contributed by atoms with van der Waals surface area (Å²) in [5.41, 5.74) is 0. The molecule has 136 valence electrons. The van der Waals surface area contributed by atoms with Crippen LogP contribution < -0.4 is 10.6 Å². The topological polar surface area (TPSA) is 87.7 Å². The van der Waals surface area contributed by atoms with E-state index in [1.807, 2.05) is 0 Å². The van der Waals surface area contributed by atoms with Gasteiger partial charge in [-0.15, -0.1) is 23.7 Å². The third-order valence-electron chi connectivity index (χ3n) is 4.06. The Labute approximate surface area is 152 Å². The monoisotopic (exact) mass is 395 g/mol. The van der Waals surface area contributed by atoms with Gasteiger partial charge in [-0.05, 0) is 30.8 Å². The number of ether oxygens (including phenoxy) is 1. The maximum atomic E-state index is 12.8. The Kier molecular flexibility index (Phi) is 7.02. The molecule has 0 aromatic carbocycles. The predicted octanol–water partition coefficient (Wildman–Crippen LogP) is 0.673. The normalized spacial score (nSPS) is 22.6. The highest BCUT2D eigenvalue weighted by Gasteiger charge is 2.31. The van der Waals surface area contributed by atoms with Crippen molar-refractivity contribution in [3.8, 4) is 0 Å². The Morgan fingerprint density at radius 1 is 1.38 bits per heavy atom. The van der Waals surface area contributed by atoms with Crippen molar-refractivity contribution in [1.82, 2.24) is 14.9 Å². The van der Waals surface area contributed by atoms with Gasteiger partial charge in [-0.25, -0.2) is 8.42 Å². The van der Waals surface area contributed by atoms with Gasteiger partial charge < -0.3 is 15.4 Å². The van der Waals surface area contributed by atoms with Gasteiger partial charge in [0.15, 0.2) is 0 Å². The average Bonchev–Trinajstić information content (AvgIpc) is 3.07. The molecule has 0 aliphatic carbocycles. The van der Waals surface area contributed by atoms with Gasteiger partial charge in [0, 0.05) is 25.7 Å². The van der Waals surface area contributed by atoms with Crippen LogP contribution in [0.3, 0.4) is 0 Å². The number of rotatable bonds is 4. The van der Waals surface area contributed by atoms with Crippen molar-refractivity contribution in [2.45, 2.75) is 23.8 Å². The van der Waals surface area contributed by atoms with E-state index in [-0.39, 0.29) is 34.1 Å². The van der Waals surface area contributed by atoms with Crippen LogP contribution in [-0.2, 0) is 14.8 Å². The van der Waals surface area contributed by atoms with Crippen molar-refractivity contribution in [3.05, 3.63) is 16.3 Å². The van der Waals surface area contributed by atoms with Crippen LogP contribution in [0.25, 0.3) is 0 Å². The first-order valence-electron chi connectivity index (χ1n) is 7.76. The quantitative estimate of drug-likeness (QED) is 0.782.